The number of nitrogens with one attached hydrogen (secondary N) is 1. The smallest absolute Gasteiger partial charge is 0.251 e. The molecule has 0 unspecified atom stereocenters. The second-order valence-corrected chi connectivity index (χ2v) is 6.10. The van der Waals surface area contributed by atoms with Crippen molar-refractivity contribution >= 4 is 41.7 Å². The van der Waals surface area contributed by atoms with Crippen LogP contribution in [0.15, 0.2) is 41.3 Å². The third kappa shape index (κ3) is 4.40. The molecule has 0 heterocycles. The monoisotopic (exact) mass is 339 g/mol. The molecule has 0 atom stereocenters. The number of benzene rings is 2. The van der Waals surface area contributed by atoms with Gasteiger partial charge in [-0.25, -0.2) is 0 Å². The average molecular weight is 340 g/mol. The van der Waals surface area contributed by atoms with Gasteiger partial charge in [-0.15, -0.1) is 12.6 Å². The Morgan fingerprint density at radius 3 is 2.67 bits per heavy atom. The molecule has 0 aliphatic rings. The standard InChI is InChI=1S/C16H15Cl2NOS/c1-10-2-5-13(21)9-14(10)16(20)19-7-6-11-3-4-12(17)8-15(11)18/h2-5,8-9,21H,6-7H2,1H3,(H,19,20). The topological polar surface area (TPSA) is 29.1 Å². The number of hydrogen-bond donors (Lipinski definition) is 2. The van der Waals surface area contributed by atoms with Gasteiger partial charge in [0.15, 0.2) is 0 Å². The third-order valence-corrected chi connectivity index (χ3v) is 4.03. The van der Waals surface area contributed by atoms with Gasteiger partial charge in [0.25, 0.3) is 5.91 Å². The molecule has 0 bridgehead atoms. The van der Waals surface area contributed by atoms with Crippen molar-refractivity contribution in [3.05, 3.63) is 63.1 Å². The van der Waals surface area contributed by atoms with E-state index in [1.54, 1.807) is 18.2 Å². The number of hydrogen-bond acceptors (Lipinski definition) is 2. The van der Waals surface area contributed by atoms with Crippen molar-refractivity contribution in [3.63, 3.8) is 0 Å². The van der Waals surface area contributed by atoms with Crippen molar-refractivity contribution in [1.82, 2.24) is 5.32 Å². The number of carbonyl (C=O) groups excluding carboxylic acids is 1. The fourth-order valence-electron chi connectivity index (χ4n) is 1.98. The van der Waals surface area contributed by atoms with E-state index in [0.29, 0.717) is 28.6 Å². The van der Waals surface area contributed by atoms with Crippen molar-refractivity contribution in [2.45, 2.75) is 18.2 Å². The summed E-state index contributed by atoms with van der Waals surface area (Å²) < 4.78 is 0. The van der Waals surface area contributed by atoms with E-state index in [0.717, 1.165) is 16.0 Å². The Kier molecular flexibility index (Phi) is 5.57. The molecule has 0 saturated carbocycles. The summed E-state index contributed by atoms with van der Waals surface area (Å²) >= 11 is 16.2. The molecule has 1 amide bonds. The van der Waals surface area contributed by atoms with Gasteiger partial charge >= 0.3 is 0 Å². The Balaban J connectivity index is 1.97. The zero-order chi connectivity index (χ0) is 15.4. The molecule has 5 heteroatoms. The molecule has 0 aliphatic heterocycles. The SMILES string of the molecule is Cc1ccc(S)cc1C(=O)NCCc1ccc(Cl)cc1Cl. The number of amides is 1. The highest BCUT2D eigenvalue weighted by Crippen LogP contribution is 2.21. The number of halogens is 2. The van der Waals surface area contributed by atoms with Crippen LogP contribution in [0.2, 0.25) is 10.0 Å². The van der Waals surface area contributed by atoms with Crippen molar-refractivity contribution in [1.29, 1.82) is 0 Å². The van der Waals surface area contributed by atoms with E-state index < -0.39 is 0 Å². The summed E-state index contributed by atoms with van der Waals surface area (Å²) in [6, 6.07) is 10.9. The predicted octanol–water partition coefficient (Wildman–Crippen LogP) is 4.56. The fraction of sp³-hybridized carbons (Fsp3) is 0.188. The van der Waals surface area contributed by atoms with Crippen molar-refractivity contribution in [2.24, 2.45) is 0 Å². The highest BCUT2D eigenvalue weighted by Gasteiger charge is 2.09. The van der Waals surface area contributed by atoms with Crippen LogP contribution in [0.1, 0.15) is 21.5 Å². The molecule has 2 rings (SSSR count). The average Bonchev–Trinajstić information content (AvgIpc) is 2.43. The van der Waals surface area contributed by atoms with Gasteiger partial charge in [0, 0.05) is 27.0 Å². The lowest BCUT2D eigenvalue weighted by atomic mass is 10.1. The molecule has 0 fully saturated rings. The summed E-state index contributed by atoms with van der Waals surface area (Å²) in [4.78, 5) is 12.9. The maximum atomic E-state index is 12.1. The van der Waals surface area contributed by atoms with Crippen LogP contribution in [-0.4, -0.2) is 12.5 Å². The van der Waals surface area contributed by atoms with Crippen molar-refractivity contribution in [3.8, 4) is 0 Å². The zero-order valence-electron chi connectivity index (χ0n) is 11.5. The second kappa shape index (κ2) is 7.21. The van der Waals surface area contributed by atoms with Crippen LogP contribution >= 0.6 is 35.8 Å². The van der Waals surface area contributed by atoms with Gasteiger partial charge < -0.3 is 5.32 Å². The van der Waals surface area contributed by atoms with Gasteiger partial charge in [0.1, 0.15) is 0 Å². The highest BCUT2D eigenvalue weighted by molar-refractivity contribution is 7.80. The normalized spacial score (nSPS) is 10.5. The highest BCUT2D eigenvalue weighted by atomic mass is 35.5. The summed E-state index contributed by atoms with van der Waals surface area (Å²) in [5.74, 6) is -0.103. The first-order valence-electron chi connectivity index (χ1n) is 6.49. The van der Waals surface area contributed by atoms with Crippen LogP contribution < -0.4 is 5.32 Å². The second-order valence-electron chi connectivity index (χ2n) is 4.74. The Bertz CT molecular complexity index is 673. The summed E-state index contributed by atoms with van der Waals surface area (Å²) in [6.07, 6.45) is 0.654. The zero-order valence-corrected chi connectivity index (χ0v) is 13.9. The minimum Gasteiger partial charge on any atom is -0.352 e. The molecule has 21 heavy (non-hydrogen) atoms. The number of rotatable bonds is 4. The van der Waals surface area contributed by atoms with Crippen molar-refractivity contribution < 1.29 is 4.79 Å². The minimum absolute atomic E-state index is 0.103. The first-order chi connectivity index (χ1) is 9.97. The molecule has 1 N–H and O–H groups in total. The summed E-state index contributed by atoms with van der Waals surface area (Å²) in [6.45, 7) is 2.41. The lowest BCUT2D eigenvalue weighted by Gasteiger charge is -2.09. The maximum Gasteiger partial charge on any atom is 0.251 e. The van der Waals surface area contributed by atoms with Gasteiger partial charge in [-0.2, -0.15) is 0 Å². The molecule has 0 aliphatic carbocycles. The van der Waals surface area contributed by atoms with E-state index >= 15 is 0 Å². The lowest BCUT2D eigenvalue weighted by Crippen LogP contribution is -2.26. The van der Waals surface area contributed by atoms with Crippen LogP contribution in [0.5, 0.6) is 0 Å². The third-order valence-electron chi connectivity index (χ3n) is 3.16. The number of carbonyl (C=O) groups is 1. The molecule has 110 valence electrons. The van der Waals surface area contributed by atoms with Crippen LogP contribution in [0.4, 0.5) is 0 Å². The van der Waals surface area contributed by atoms with Crippen LogP contribution in [0.3, 0.4) is 0 Å². The Labute approximate surface area is 139 Å². The summed E-state index contributed by atoms with van der Waals surface area (Å²) in [5, 5.41) is 4.11. The largest absolute Gasteiger partial charge is 0.352 e. The lowest BCUT2D eigenvalue weighted by molar-refractivity contribution is 0.0953. The molecular formula is C16H15Cl2NOS. The molecule has 0 saturated heterocycles. The van der Waals surface area contributed by atoms with Crippen LogP contribution in [-0.2, 0) is 6.42 Å². The molecule has 2 aromatic rings. The van der Waals surface area contributed by atoms with E-state index in [1.807, 2.05) is 25.1 Å². The van der Waals surface area contributed by atoms with Crippen LogP contribution in [0.25, 0.3) is 0 Å². The fourth-order valence-corrected chi connectivity index (χ4v) is 2.69. The molecule has 2 aromatic carbocycles. The van der Waals surface area contributed by atoms with Gasteiger partial charge in [-0.1, -0.05) is 35.3 Å². The molecular weight excluding hydrogens is 325 g/mol. The quantitative estimate of drug-likeness (QED) is 0.785. The first kappa shape index (κ1) is 16.2. The minimum atomic E-state index is -0.103. The van der Waals surface area contributed by atoms with E-state index in [1.165, 1.54) is 0 Å². The van der Waals surface area contributed by atoms with Gasteiger partial charge in [-0.05, 0) is 48.7 Å². The Hall–Kier alpha value is -1.16. The predicted molar refractivity (Wildman–Crippen MR) is 90.9 cm³/mol. The van der Waals surface area contributed by atoms with E-state index in [-0.39, 0.29) is 5.91 Å². The number of aryl methyl sites for hydroxylation is 1. The number of thiol groups is 1. The Morgan fingerprint density at radius 1 is 1.19 bits per heavy atom. The van der Waals surface area contributed by atoms with E-state index in [4.69, 9.17) is 23.2 Å². The molecule has 0 radical (unpaired) electrons. The summed E-state index contributed by atoms with van der Waals surface area (Å²) in [5.41, 5.74) is 2.53. The van der Waals surface area contributed by atoms with Gasteiger partial charge in [0.2, 0.25) is 0 Å². The van der Waals surface area contributed by atoms with Gasteiger partial charge in [0.05, 0.1) is 0 Å². The first-order valence-corrected chi connectivity index (χ1v) is 7.69. The van der Waals surface area contributed by atoms with E-state index in [9.17, 15) is 4.79 Å². The summed E-state index contributed by atoms with van der Waals surface area (Å²) in [7, 11) is 0. The molecule has 2 nitrogen and oxygen atoms in total. The molecule has 0 aromatic heterocycles. The molecule has 0 spiro atoms. The van der Waals surface area contributed by atoms with E-state index in [2.05, 4.69) is 17.9 Å². The van der Waals surface area contributed by atoms with Crippen LogP contribution in [0, 0.1) is 6.92 Å². The van der Waals surface area contributed by atoms with Crippen molar-refractivity contribution in [2.75, 3.05) is 6.54 Å². The van der Waals surface area contributed by atoms with Gasteiger partial charge in [-0.3, -0.25) is 4.79 Å². The maximum absolute atomic E-state index is 12.1. The Morgan fingerprint density at radius 2 is 1.95 bits per heavy atom.